The largest absolute Gasteiger partial charge is 0.454 e. The Morgan fingerprint density at radius 1 is 1.25 bits per heavy atom. The molecular formula is C16H16O4. The number of allylic oxidation sites excluding steroid dienone is 1. The van der Waals surface area contributed by atoms with Crippen LogP contribution in [0.15, 0.2) is 23.8 Å². The topological polar surface area (TPSA) is 55.8 Å². The van der Waals surface area contributed by atoms with Crippen LogP contribution in [0.4, 0.5) is 0 Å². The molecule has 0 unspecified atom stereocenters. The summed E-state index contributed by atoms with van der Waals surface area (Å²) in [6.45, 7) is 3.88. The smallest absolute Gasteiger partial charge is 0.231 e. The summed E-state index contributed by atoms with van der Waals surface area (Å²) in [5.41, 5.74) is 0.705. The first-order chi connectivity index (χ1) is 9.47. The average Bonchev–Trinajstić information content (AvgIpc) is 2.94. The molecule has 1 aliphatic heterocycles. The number of carbonyl (C=O) groups excluding carboxylic acids is 1. The number of ether oxygens (including phenoxy) is 2. The van der Waals surface area contributed by atoms with Gasteiger partial charge >= 0.3 is 0 Å². The Morgan fingerprint density at radius 3 is 2.70 bits per heavy atom. The molecule has 0 amide bonds. The van der Waals surface area contributed by atoms with Crippen LogP contribution in [0.3, 0.4) is 0 Å². The van der Waals surface area contributed by atoms with E-state index in [0.717, 1.165) is 28.9 Å². The Balaban J connectivity index is 1.98. The first-order valence-corrected chi connectivity index (χ1v) is 6.85. The number of carbonyl (C=O) groups is 1. The molecule has 1 aromatic rings. The minimum absolute atomic E-state index is 0.0303. The molecule has 1 aromatic carbocycles. The van der Waals surface area contributed by atoms with Crippen molar-refractivity contribution in [3.8, 4) is 11.5 Å². The van der Waals surface area contributed by atoms with Gasteiger partial charge in [-0.05, 0) is 61.6 Å². The Labute approximate surface area is 117 Å². The third-order valence-electron chi connectivity index (χ3n) is 5.21. The van der Waals surface area contributed by atoms with Gasteiger partial charge in [0.15, 0.2) is 17.3 Å². The molecule has 4 heteroatoms. The Bertz CT molecular complexity index is 675. The van der Waals surface area contributed by atoms with E-state index in [2.05, 4.69) is 0 Å². The zero-order valence-corrected chi connectivity index (χ0v) is 11.5. The highest BCUT2D eigenvalue weighted by Gasteiger charge is 2.60. The molecule has 1 heterocycles. The number of hydrogen-bond acceptors (Lipinski definition) is 4. The van der Waals surface area contributed by atoms with Crippen LogP contribution in [-0.2, 0) is 16.6 Å². The fourth-order valence-electron chi connectivity index (χ4n) is 3.83. The standard InChI is InChI=1S/C16H16O4/c1-9-5-14(17)15(2)11-7-13-12(19-8-20-13)6-10(11)3-4-16(9,15)18/h5-7,18H,3-4,8H2,1-2H3/t15-,16-/m0/s1. The highest BCUT2D eigenvalue weighted by Crippen LogP contribution is 2.54. The van der Waals surface area contributed by atoms with E-state index in [1.54, 1.807) is 6.08 Å². The van der Waals surface area contributed by atoms with Crippen LogP contribution in [0.25, 0.3) is 0 Å². The summed E-state index contributed by atoms with van der Waals surface area (Å²) in [7, 11) is 0. The minimum Gasteiger partial charge on any atom is -0.454 e. The van der Waals surface area contributed by atoms with Crippen LogP contribution in [-0.4, -0.2) is 23.3 Å². The fourth-order valence-corrected chi connectivity index (χ4v) is 3.83. The minimum atomic E-state index is -1.08. The van der Waals surface area contributed by atoms with Crippen molar-refractivity contribution in [2.75, 3.05) is 6.79 Å². The maximum atomic E-state index is 12.5. The molecule has 0 spiro atoms. The molecule has 0 radical (unpaired) electrons. The van der Waals surface area contributed by atoms with Gasteiger partial charge in [0.05, 0.1) is 5.41 Å². The zero-order valence-electron chi connectivity index (χ0n) is 11.5. The van der Waals surface area contributed by atoms with E-state index < -0.39 is 11.0 Å². The lowest BCUT2D eigenvalue weighted by atomic mass is 9.61. The van der Waals surface area contributed by atoms with E-state index in [4.69, 9.17) is 9.47 Å². The van der Waals surface area contributed by atoms with E-state index in [1.807, 2.05) is 26.0 Å². The van der Waals surface area contributed by atoms with Crippen molar-refractivity contribution in [2.24, 2.45) is 0 Å². The predicted octanol–water partition coefficient (Wildman–Crippen LogP) is 1.88. The van der Waals surface area contributed by atoms with Gasteiger partial charge in [-0.3, -0.25) is 4.79 Å². The number of hydrogen-bond donors (Lipinski definition) is 1. The quantitative estimate of drug-likeness (QED) is 0.783. The number of benzene rings is 1. The van der Waals surface area contributed by atoms with E-state index in [0.29, 0.717) is 12.2 Å². The number of aliphatic hydroxyl groups is 1. The highest BCUT2D eigenvalue weighted by atomic mass is 16.7. The average molecular weight is 272 g/mol. The third kappa shape index (κ3) is 1.14. The van der Waals surface area contributed by atoms with Gasteiger partial charge in [0.1, 0.15) is 5.60 Å². The van der Waals surface area contributed by atoms with Gasteiger partial charge in [0.25, 0.3) is 0 Å². The summed E-state index contributed by atoms with van der Waals surface area (Å²) in [5, 5.41) is 11.0. The summed E-state index contributed by atoms with van der Waals surface area (Å²) in [6, 6.07) is 3.82. The Morgan fingerprint density at radius 2 is 1.95 bits per heavy atom. The number of aryl methyl sites for hydroxylation is 1. The van der Waals surface area contributed by atoms with E-state index in [1.165, 1.54) is 0 Å². The zero-order chi connectivity index (χ0) is 14.1. The molecule has 104 valence electrons. The predicted molar refractivity (Wildman–Crippen MR) is 72.0 cm³/mol. The summed E-state index contributed by atoms with van der Waals surface area (Å²) >= 11 is 0. The van der Waals surface area contributed by atoms with Crippen molar-refractivity contribution in [1.29, 1.82) is 0 Å². The summed E-state index contributed by atoms with van der Waals surface area (Å²) in [4.78, 5) is 12.5. The van der Waals surface area contributed by atoms with Crippen LogP contribution in [0, 0.1) is 0 Å². The van der Waals surface area contributed by atoms with Crippen molar-refractivity contribution in [3.05, 3.63) is 34.9 Å². The van der Waals surface area contributed by atoms with E-state index in [9.17, 15) is 9.90 Å². The molecule has 20 heavy (non-hydrogen) atoms. The van der Waals surface area contributed by atoms with Gasteiger partial charge in [0, 0.05) is 0 Å². The van der Waals surface area contributed by atoms with Crippen molar-refractivity contribution in [1.82, 2.24) is 0 Å². The van der Waals surface area contributed by atoms with Crippen molar-refractivity contribution < 1.29 is 19.4 Å². The van der Waals surface area contributed by atoms with Gasteiger partial charge in [-0.15, -0.1) is 0 Å². The molecule has 0 saturated heterocycles. The van der Waals surface area contributed by atoms with E-state index >= 15 is 0 Å². The van der Waals surface area contributed by atoms with Crippen LogP contribution >= 0.6 is 0 Å². The summed E-state index contributed by atoms with van der Waals surface area (Å²) < 4.78 is 10.8. The second-order valence-electron chi connectivity index (χ2n) is 6.04. The molecule has 0 bridgehead atoms. The van der Waals surface area contributed by atoms with Crippen molar-refractivity contribution in [3.63, 3.8) is 0 Å². The second kappa shape index (κ2) is 3.44. The normalized spacial score (nSPS) is 33.8. The molecule has 0 fully saturated rings. The molecular weight excluding hydrogens is 256 g/mol. The molecule has 4 rings (SSSR count). The monoisotopic (exact) mass is 272 g/mol. The van der Waals surface area contributed by atoms with Crippen molar-refractivity contribution in [2.45, 2.75) is 37.7 Å². The fraction of sp³-hybridized carbons (Fsp3) is 0.438. The molecule has 4 nitrogen and oxygen atoms in total. The van der Waals surface area contributed by atoms with E-state index in [-0.39, 0.29) is 12.6 Å². The first kappa shape index (κ1) is 12.0. The van der Waals surface area contributed by atoms with Crippen LogP contribution in [0.1, 0.15) is 31.4 Å². The molecule has 2 atom stereocenters. The third-order valence-corrected chi connectivity index (χ3v) is 5.21. The van der Waals surface area contributed by atoms with Gasteiger partial charge in [-0.2, -0.15) is 0 Å². The lowest BCUT2D eigenvalue weighted by Gasteiger charge is -2.45. The number of rotatable bonds is 0. The Kier molecular flexibility index (Phi) is 2.06. The molecule has 0 aromatic heterocycles. The van der Waals surface area contributed by atoms with Gasteiger partial charge in [0.2, 0.25) is 6.79 Å². The maximum Gasteiger partial charge on any atom is 0.231 e. The van der Waals surface area contributed by atoms with Crippen LogP contribution in [0.2, 0.25) is 0 Å². The van der Waals surface area contributed by atoms with Gasteiger partial charge in [-0.25, -0.2) is 0 Å². The maximum absolute atomic E-state index is 12.5. The summed E-state index contributed by atoms with van der Waals surface area (Å²) in [5.74, 6) is 1.36. The molecule has 2 aliphatic carbocycles. The van der Waals surface area contributed by atoms with Crippen LogP contribution < -0.4 is 9.47 Å². The SMILES string of the molecule is CC1=CC(=O)[C@]2(C)c3cc4c(cc3CC[C@]12O)OCO4. The van der Waals surface area contributed by atoms with Crippen molar-refractivity contribution >= 4 is 5.78 Å². The van der Waals surface area contributed by atoms with Crippen LogP contribution in [0.5, 0.6) is 11.5 Å². The second-order valence-corrected chi connectivity index (χ2v) is 6.04. The lowest BCUT2D eigenvalue weighted by Crippen LogP contribution is -2.54. The Hall–Kier alpha value is -1.81. The molecule has 0 saturated carbocycles. The number of fused-ring (bicyclic) bond motifs is 4. The molecule has 3 aliphatic rings. The highest BCUT2D eigenvalue weighted by molar-refractivity contribution is 6.05. The first-order valence-electron chi connectivity index (χ1n) is 6.85. The van der Waals surface area contributed by atoms with Gasteiger partial charge in [-0.1, -0.05) is 0 Å². The lowest BCUT2D eigenvalue weighted by molar-refractivity contribution is -0.126. The molecule has 1 N–H and O–H groups in total. The number of ketones is 1. The summed E-state index contributed by atoms with van der Waals surface area (Å²) in [6.07, 6.45) is 2.88. The van der Waals surface area contributed by atoms with Gasteiger partial charge < -0.3 is 14.6 Å².